The summed E-state index contributed by atoms with van der Waals surface area (Å²) in [5.41, 5.74) is 5.99. The van der Waals surface area contributed by atoms with Gasteiger partial charge in [-0.05, 0) is 69.3 Å². The van der Waals surface area contributed by atoms with Crippen LogP contribution in [0.1, 0.15) is 35.1 Å². The Morgan fingerprint density at radius 2 is 1.79 bits per heavy atom. The second-order valence-corrected chi connectivity index (χ2v) is 5.66. The second-order valence-electron chi connectivity index (χ2n) is 5.66. The van der Waals surface area contributed by atoms with Gasteiger partial charge in [-0.1, -0.05) is 6.07 Å². The van der Waals surface area contributed by atoms with Crippen molar-refractivity contribution in [3.05, 3.63) is 28.3 Å². The van der Waals surface area contributed by atoms with E-state index in [1.807, 2.05) is 11.9 Å². The normalized spacial score (nSPS) is 18.7. The summed E-state index contributed by atoms with van der Waals surface area (Å²) in [6, 6.07) is 2.19. The van der Waals surface area contributed by atoms with E-state index < -0.39 is 0 Å². The van der Waals surface area contributed by atoms with E-state index in [1.165, 1.54) is 22.3 Å². The van der Waals surface area contributed by atoms with Crippen molar-refractivity contribution in [2.75, 3.05) is 18.5 Å². The van der Waals surface area contributed by atoms with Crippen LogP contribution in [0.2, 0.25) is 0 Å². The van der Waals surface area contributed by atoms with E-state index in [2.05, 4.69) is 39.1 Å². The van der Waals surface area contributed by atoms with Crippen LogP contribution in [0.25, 0.3) is 0 Å². The van der Waals surface area contributed by atoms with Gasteiger partial charge in [0.15, 0.2) is 0 Å². The van der Waals surface area contributed by atoms with Crippen molar-refractivity contribution in [2.24, 2.45) is 0 Å². The topological polar surface area (TPSA) is 32.3 Å². The monoisotopic (exact) mass is 260 g/mol. The molecule has 3 nitrogen and oxygen atoms in total. The minimum atomic E-state index is -0.00961. The van der Waals surface area contributed by atoms with E-state index in [4.69, 9.17) is 0 Å². The Morgan fingerprint density at radius 3 is 2.26 bits per heavy atom. The first-order valence-electron chi connectivity index (χ1n) is 7.02. The van der Waals surface area contributed by atoms with Gasteiger partial charge in [-0.3, -0.25) is 4.79 Å². The van der Waals surface area contributed by atoms with E-state index in [0.29, 0.717) is 0 Å². The molecule has 0 spiro atoms. The fourth-order valence-electron chi connectivity index (χ4n) is 2.94. The average molecular weight is 260 g/mol. The van der Waals surface area contributed by atoms with Crippen molar-refractivity contribution in [3.63, 3.8) is 0 Å². The highest BCUT2D eigenvalue weighted by molar-refractivity contribution is 5.98. The van der Waals surface area contributed by atoms with Crippen molar-refractivity contribution in [1.82, 2.24) is 5.32 Å². The summed E-state index contributed by atoms with van der Waals surface area (Å²) in [5.74, 6) is 0.189. The molecule has 1 amide bonds. The third-order valence-corrected chi connectivity index (χ3v) is 4.35. The number of nitrogens with zero attached hydrogens (tertiary/aromatic N) is 1. The smallest absolute Gasteiger partial charge is 0.243 e. The van der Waals surface area contributed by atoms with Crippen LogP contribution in [0.4, 0.5) is 5.69 Å². The van der Waals surface area contributed by atoms with E-state index >= 15 is 0 Å². The van der Waals surface area contributed by atoms with E-state index in [-0.39, 0.29) is 11.9 Å². The van der Waals surface area contributed by atoms with Crippen LogP contribution in [-0.2, 0) is 4.79 Å². The zero-order valence-electron chi connectivity index (χ0n) is 12.6. The summed E-state index contributed by atoms with van der Waals surface area (Å²) >= 11 is 0. The van der Waals surface area contributed by atoms with Gasteiger partial charge in [0.2, 0.25) is 5.91 Å². The molecule has 1 unspecified atom stereocenters. The quantitative estimate of drug-likeness (QED) is 0.886. The van der Waals surface area contributed by atoms with E-state index in [0.717, 1.165) is 25.1 Å². The standard InChI is InChI=1S/C16H24N2O/c1-10-9-11(2)13(4)15(12(10)3)18(5)16(19)14-7-6-8-17-14/h9,14,17H,6-8H2,1-5H3. The molecule has 3 heteroatoms. The summed E-state index contributed by atoms with van der Waals surface area (Å²) in [7, 11) is 1.90. The lowest BCUT2D eigenvalue weighted by atomic mass is 9.97. The molecule has 0 bridgehead atoms. The zero-order chi connectivity index (χ0) is 14.2. The highest BCUT2D eigenvalue weighted by Gasteiger charge is 2.27. The van der Waals surface area contributed by atoms with Gasteiger partial charge in [0.25, 0.3) is 0 Å². The molecule has 1 heterocycles. The number of likely N-dealkylation sites (N-methyl/N-ethyl adjacent to an activating group) is 1. The maximum atomic E-state index is 12.5. The number of hydrogen-bond donors (Lipinski definition) is 1. The highest BCUT2D eigenvalue weighted by atomic mass is 16.2. The van der Waals surface area contributed by atoms with Crippen LogP contribution < -0.4 is 10.2 Å². The molecular formula is C16H24N2O. The summed E-state index contributed by atoms with van der Waals surface area (Å²) in [6.07, 6.45) is 2.04. The fourth-order valence-corrected chi connectivity index (χ4v) is 2.94. The number of nitrogens with one attached hydrogen (secondary N) is 1. The minimum absolute atomic E-state index is 0.00961. The average Bonchev–Trinajstić information content (AvgIpc) is 2.89. The van der Waals surface area contributed by atoms with Crippen LogP contribution in [0, 0.1) is 27.7 Å². The number of hydrogen-bond acceptors (Lipinski definition) is 2. The predicted molar refractivity (Wildman–Crippen MR) is 79.8 cm³/mol. The Kier molecular flexibility index (Phi) is 3.95. The number of amides is 1. The molecule has 1 aromatic rings. The third kappa shape index (κ3) is 2.52. The number of carbonyl (C=O) groups is 1. The predicted octanol–water partition coefficient (Wildman–Crippen LogP) is 2.64. The van der Waals surface area contributed by atoms with Crippen LogP contribution in [-0.4, -0.2) is 25.5 Å². The molecule has 1 N–H and O–H groups in total. The molecule has 1 saturated heterocycles. The highest BCUT2D eigenvalue weighted by Crippen LogP contribution is 2.30. The van der Waals surface area contributed by atoms with Gasteiger partial charge in [0.05, 0.1) is 6.04 Å². The second kappa shape index (κ2) is 5.33. The minimum Gasteiger partial charge on any atom is -0.314 e. The first kappa shape index (κ1) is 14.1. The Bertz CT molecular complexity index is 476. The van der Waals surface area contributed by atoms with Gasteiger partial charge in [-0.15, -0.1) is 0 Å². The third-order valence-electron chi connectivity index (χ3n) is 4.35. The molecule has 104 valence electrons. The molecule has 2 rings (SSSR count). The first-order valence-corrected chi connectivity index (χ1v) is 7.02. The molecule has 0 saturated carbocycles. The maximum absolute atomic E-state index is 12.5. The van der Waals surface area contributed by atoms with Crippen LogP contribution in [0.15, 0.2) is 6.07 Å². The lowest BCUT2D eigenvalue weighted by Crippen LogP contribution is -2.42. The number of rotatable bonds is 2. The maximum Gasteiger partial charge on any atom is 0.243 e. The Balaban J connectivity index is 2.38. The number of carbonyl (C=O) groups excluding carboxylic acids is 1. The van der Waals surface area contributed by atoms with Crippen LogP contribution in [0.5, 0.6) is 0 Å². The summed E-state index contributed by atoms with van der Waals surface area (Å²) in [4.78, 5) is 14.4. The zero-order valence-corrected chi connectivity index (χ0v) is 12.6. The number of anilines is 1. The summed E-state index contributed by atoms with van der Waals surface area (Å²) in [6.45, 7) is 9.37. The fraction of sp³-hybridized carbons (Fsp3) is 0.562. The van der Waals surface area contributed by atoms with Crippen molar-refractivity contribution in [1.29, 1.82) is 0 Å². The molecular weight excluding hydrogens is 236 g/mol. The van der Waals surface area contributed by atoms with Crippen molar-refractivity contribution < 1.29 is 4.79 Å². The van der Waals surface area contributed by atoms with E-state index in [1.54, 1.807) is 0 Å². The molecule has 19 heavy (non-hydrogen) atoms. The van der Waals surface area contributed by atoms with Gasteiger partial charge in [0.1, 0.15) is 0 Å². The van der Waals surface area contributed by atoms with Gasteiger partial charge in [-0.25, -0.2) is 0 Å². The lowest BCUT2D eigenvalue weighted by Gasteiger charge is -2.26. The van der Waals surface area contributed by atoms with Crippen molar-refractivity contribution in [2.45, 2.75) is 46.6 Å². The van der Waals surface area contributed by atoms with Gasteiger partial charge in [0, 0.05) is 12.7 Å². The molecule has 0 aromatic heterocycles. The van der Waals surface area contributed by atoms with Gasteiger partial charge in [-0.2, -0.15) is 0 Å². The van der Waals surface area contributed by atoms with Crippen LogP contribution in [0.3, 0.4) is 0 Å². The molecule has 0 aliphatic carbocycles. The Hall–Kier alpha value is -1.35. The summed E-state index contributed by atoms with van der Waals surface area (Å²) < 4.78 is 0. The molecule has 1 fully saturated rings. The molecule has 0 radical (unpaired) electrons. The SMILES string of the molecule is Cc1cc(C)c(C)c(N(C)C(=O)C2CCCN2)c1C. The van der Waals surface area contributed by atoms with Gasteiger partial charge < -0.3 is 10.2 Å². The number of benzene rings is 1. The van der Waals surface area contributed by atoms with E-state index in [9.17, 15) is 4.79 Å². The number of aryl methyl sites for hydroxylation is 2. The lowest BCUT2D eigenvalue weighted by molar-refractivity contribution is -0.119. The molecule has 1 aliphatic heterocycles. The Labute approximate surface area is 116 Å². The summed E-state index contributed by atoms with van der Waals surface area (Å²) in [5, 5.41) is 3.28. The molecule has 1 aliphatic rings. The first-order chi connectivity index (χ1) is 8.93. The molecule has 1 atom stereocenters. The largest absolute Gasteiger partial charge is 0.314 e. The van der Waals surface area contributed by atoms with Crippen LogP contribution >= 0.6 is 0 Å². The van der Waals surface area contributed by atoms with Gasteiger partial charge >= 0.3 is 0 Å². The van der Waals surface area contributed by atoms with Crippen molar-refractivity contribution in [3.8, 4) is 0 Å². The Morgan fingerprint density at radius 1 is 1.21 bits per heavy atom. The van der Waals surface area contributed by atoms with Crippen molar-refractivity contribution >= 4 is 11.6 Å². The molecule has 1 aromatic carbocycles.